The molecule has 0 fully saturated rings. The zero-order valence-corrected chi connectivity index (χ0v) is 11.1. The first-order valence-electron chi connectivity index (χ1n) is 6.55. The van der Waals surface area contributed by atoms with E-state index in [0.717, 1.165) is 30.6 Å². The molecule has 1 aromatic heterocycles. The van der Waals surface area contributed by atoms with E-state index in [1.165, 1.54) is 0 Å². The summed E-state index contributed by atoms with van der Waals surface area (Å²) in [4.78, 5) is 4.26. The molecule has 0 aliphatic rings. The maximum absolute atomic E-state index is 5.73. The van der Waals surface area contributed by atoms with Crippen LogP contribution in [-0.4, -0.2) is 16.7 Å². The van der Waals surface area contributed by atoms with Gasteiger partial charge >= 0.3 is 0 Å². The fraction of sp³-hybridized carbons (Fsp3) is 0.429. The van der Waals surface area contributed by atoms with E-state index in [1.54, 1.807) is 0 Å². The van der Waals surface area contributed by atoms with Gasteiger partial charge in [0.2, 0.25) is 11.7 Å². The van der Waals surface area contributed by atoms with Crippen molar-refractivity contribution in [1.82, 2.24) is 10.1 Å². The molecule has 0 aliphatic carbocycles. The smallest absolute Gasteiger partial charge is 0.226 e. The molecule has 0 unspecified atom stereocenters. The molecule has 0 amide bonds. The van der Waals surface area contributed by atoms with Crippen LogP contribution >= 0.6 is 0 Å². The van der Waals surface area contributed by atoms with E-state index in [1.807, 2.05) is 24.3 Å². The van der Waals surface area contributed by atoms with Crippen LogP contribution in [0.3, 0.4) is 0 Å². The van der Waals surface area contributed by atoms with Gasteiger partial charge in [-0.3, -0.25) is 0 Å². The Hall–Kier alpha value is -1.88. The molecule has 0 radical (unpaired) electrons. The van der Waals surface area contributed by atoms with Gasteiger partial charge in [-0.05, 0) is 31.0 Å². The number of hydrogen-bond donors (Lipinski definition) is 1. The third kappa shape index (κ3) is 3.79. The molecule has 0 bridgehead atoms. The Bertz CT molecular complexity index is 511. The second kappa shape index (κ2) is 6.89. The fourth-order valence-corrected chi connectivity index (χ4v) is 1.81. The minimum absolute atomic E-state index is 0.314. The maximum atomic E-state index is 5.73. The number of hydrogen-bond acceptors (Lipinski definition) is 5. The molecule has 2 rings (SSSR count). The third-order valence-electron chi connectivity index (χ3n) is 2.72. The average Bonchev–Trinajstić information content (AvgIpc) is 2.86. The summed E-state index contributed by atoms with van der Waals surface area (Å²) < 4.78 is 10.8. The predicted molar refractivity (Wildman–Crippen MR) is 71.8 cm³/mol. The van der Waals surface area contributed by atoms with E-state index in [0.29, 0.717) is 24.9 Å². The quantitative estimate of drug-likeness (QED) is 0.826. The van der Waals surface area contributed by atoms with Crippen LogP contribution in [0.5, 0.6) is 5.75 Å². The number of rotatable bonds is 7. The Morgan fingerprint density at radius 3 is 2.89 bits per heavy atom. The number of para-hydroxylation sites is 1. The normalized spacial score (nSPS) is 10.6. The molecule has 0 saturated carbocycles. The summed E-state index contributed by atoms with van der Waals surface area (Å²) in [6.07, 6.45) is 2.59. The predicted octanol–water partition coefficient (Wildman–Crippen LogP) is 2.10. The van der Waals surface area contributed by atoms with Gasteiger partial charge in [0, 0.05) is 6.42 Å². The lowest BCUT2D eigenvalue weighted by molar-refractivity contribution is 0.282. The number of ether oxygens (including phenoxy) is 1. The molecule has 0 spiro atoms. The second-order valence-electron chi connectivity index (χ2n) is 4.29. The Labute approximate surface area is 112 Å². The summed E-state index contributed by atoms with van der Waals surface area (Å²) >= 11 is 0. The molecule has 1 aromatic carbocycles. The largest absolute Gasteiger partial charge is 0.485 e. The van der Waals surface area contributed by atoms with E-state index in [2.05, 4.69) is 17.1 Å². The first kappa shape index (κ1) is 13.5. The van der Waals surface area contributed by atoms with E-state index in [9.17, 15) is 0 Å². The molecule has 2 N–H and O–H groups in total. The van der Waals surface area contributed by atoms with E-state index < -0.39 is 0 Å². The van der Waals surface area contributed by atoms with Crippen molar-refractivity contribution < 1.29 is 9.26 Å². The molecule has 0 atom stereocenters. The van der Waals surface area contributed by atoms with Crippen molar-refractivity contribution in [2.24, 2.45) is 5.73 Å². The average molecular weight is 261 g/mol. The Kier molecular flexibility index (Phi) is 4.92. The molecule has 102 valence electrons. The molecule has 5 heteroatoms. The molecule has 0 aliphatic heterocycles. The summed E-state index contributed by atoms with van der Waals surface area (Å²) in [7, 11) is 0. The number of benzene rings is 1. The lowest BCUT2D eigenvalue weighted by atomic mass is 10.1. The van der Waals surface area contributed by atoms with E-state index in [4.69, 9.17) is 15.0 Å². The van der Waals surface area contributed by atoms with Crippen LogP contribution < -0.4 is 10.5 Å². The van der Waals surface area contributed by atoms with Crippen LogP contribution in [0.25, 0.3) is 0 Å². The van der Waals surface area contributed by atoms with Gasteiger partial charge in [0.1, 0.15) is 5.75 Å². The van der Waals surface area contributed by atoms with Crippen LogP contribution in [-0.2, 0) is 19.4 Å². The lowest BCUT2D eigenvalue weighted by Gasteiger charge is -2.08. The van der Waals surface area contributed by atoms with Crippen molar-refractivity contribution in [2.75, 3.05) is 6.54 Å². The summed E-state index contributed by atoms with van der Waals surface area (Å²) in [6.45, 7) is 2.99. The van der Waals surface area contributed by atoms with Crippen molar-refractivity contribution in [3.8, 4) is 5.75 Å². The Morgan fingerprint density at radius 2 is 2.11 bits per heavy atom. The number of aromatic nitrogens is 2. The van der Waals surface area contributed by atoms with Gasteiger partial charge in [-0.1, -0.05) is 30.3 Å². The monoisotopic (exact) mass is 261 g/mol. The second-order valence-corrected chi connectivity index (χ2v) is 4.29. The molecule has 1 heterocycles. The highest BCUT2D eigenvalue weighted by molar-refractivity contribution is 5.33. The highest BCUT2D eigenvalue weighted by Crippen LogP contribution is 2.19. The molecule has 5 nitrogen and oxygen atoms in total. The molecule has 19 heavy (non-hydrogen) atoms. The standard InChI is InChI=1S/C14H19N3O2/c1-2-5-14-16-13(17-19-14)10-18-12-7-4-3-6-11(12)8-9-15/h3-4,6-7H,2,5,8-10,15H2,1H3. The number of aryl methyl sites for hydroxylation is 1. The van der Waals surface area contributed by atoms with Gasteiger partial charge < -0.3 is 15.0 Å². The molecular formula is C14H19N3O2. The first-order chi connectivity index (χ1) is 9.33. The third-order valence-corrected chi connectivity index (χ3v) is 2.72. The van der Waals surface area contributed by atoms with E-state index in [-0.39, 0.29) is 0 Å². The summed E-state index contributed by atoms with van der Waals surface area (Å²) in [5.41, 5.74) is 6.68. The summed E-state index contributed by atoms with van der Waals surface area (Å²) in [6, 6.07) is 7.86. The Balaban J connectivity index is 1.97. The van der Waals surface area contributed by atoms with Gasteiger partial charge in [-0.25, -0.2) is 0 Å². The van der Waals surface area contributed by atoms with Gasteiger partial charge in [-0.2, -0.15) is 4.98 Å². The van der Waals surface area contributed by atoms with Crippen LogP contribution in [0, 0.1) is 0 Å². The lowest BCUT2D eigenvalue weighted by Crippen LogP contribution is -2.05. The van der Waals surface area contributed by atoms with Crippen molar-refractivity contribution >= 4 is 0 Å². The van der Waals surface area contributed by atoms with Crippen LogP contribution in [0.15, 0.2) is 28.8 Å². The minimum atomic E-state index is 0.314. The minimum Gasteiger partial charge on any atom is -0.485 e. The van der Waals surface area contributed by atoms with Gasteiger partial charge in [0.15, 0.2) is 6.61 Å². The van der Waals surface area contributed by atoms with Gasteiger partial charge in [0.25, 0.3) is 0 Å². The first-order valence-corrected chi connectivity index (χ1v) is 6.55. The summed E-state index contributed by atoms with van der Waals surface area (Å²) in [5, 5.41) is 3.89. The number of nitrogens with two attached hydrogens (primary N) is 1. The molecule has 0 saturated heterocycles. The maximum Gasteiger partial charge on any atom is 0.226 e. The van der Waals surface area contributed by atoms with Crippen LogP contribution in [0.4, 0.5) is 0 Å². The number of nitrogens with zero attached hydrogens (tertiary/aromatic N) is 2. The SMILES string of the molecule is CCCc1nc(COc2ccccc2CCN)no1. The zero-order valence-electron chi connectivity index (χ0n) is 11.1. The molecular weight excluding hydrogens is 242 g/mol. The van der Waals surface area contributed by atoms with Crippen molar-refractivity contribution in [1.29, 1.82) is 0 Å². The van der Waals surface area contributed by atoms with E-state index >= 15 is 0 Å². The topological polar surface area (TPSA) is 74.2 Å². The Morgan fingerprint density at radius 1 is 1.26 bits per heavy atom. The zero-order chi connectivity index (χ0) is 13.5. The van der Waals surface area contributed by atoms with Gasteiger partial charge in [-0.15, -0.1) is 0 Å². The van der Waals surface area contributed by atoms with Crippen molar-refractivity contribution in [3.05, 3.63) is 41.5 Å². The van der Waals surface area contributed by atoms with Crippen LogP contribution in [0.1, 0.15) is 30.6 Å². The molecule has 2 aromatic rings. The highest BCUT2D eigenvalue weighted by atomic mass is 16.5. The fourth-order valence-electron chi connectivity index (χ4n) is 1.81. The van der Waals surface area contributed by atoms with Crippen molar-refractivity contribution in [3.63, 3.8) is 0 Å². The van der Waals surface area contributed by atoms with Gasteiger partial charge in [0.05, 0.1) is 0 Å². The summed E-state index contributed by atoms with van der Waals surface area (Å²) in [5.74, 6) is 2.07. The van der Waals surface area contributed by atoms with Crippen LogP contribution in [0.2, 0.25) is 0 Å². The highest BCUT2D eigenvalue weighted by Gasteiger charge is 2.07. The van der Waals surface area contributed by atoms with Crippen molar-refractivity contribution in [2.45, 2.75) is 32.8 Å².